The van der Waals surface area contributed by atoms with E-state index in [1.165, 1.54) is 19.2 Å². The van der Waals surface area contributed by atoms with E-state index in [4.69, 9.17) is 9.47 Å². The lowest BCUT2D eigenvalue weighted by Gasteiger charge is -2.14. The molecule has 2 rings (SSSR count). The molecule has 0 aromatic heterocycles. The molecule has 0 atom stereocenters. The van der Waals surface area contributed by atoms with E-state index in [0.29, 0.717) is 15.1 Å². The maximum absolute atomic E-state index is 13.0. The summed E-state index contributed by atoms with van der Waals surface area (Å²) in [5.41, 5.74) is -1.20. The van der Waals surface area contributed by atoms with Crippen molar-refractivity contribution in [2.75, 3.05) is 19.0 Å². The van der Waals surface area contributed by atoms with Crippen molar-refractivity contribution < 1.29 is 27.4 Å². The summed E-state index contributed by atoms with van der Waals surface area (Å²) in [6.45, 7) is -0.407. The fraction of sp³-hybridized carbons (Fsp3) is 0.188. The molecule has 0 heterocycles. The number of carbonyl (C=O) groups is 1. The zero-order valence-corrected chi connectivity index (χ0v) is 14.6. The van der Waals surface area contributed by atoms with Crippen LogP contribution in [0.15, 0.2) is 42.5 Å². The van der Waals surface area contributed by atoms with E-state index in [1.807, 2.05) is 0 Å². The molecule has 0 saturated carbocycles. The molecule has 0 saturated heterocycles. The molecule has 0 aliphatic carbocycles. The van der Waals surface area contributed by atoms with Gasteiger partial charge >= 0.3 is 6.18 Å². The van der Waals surface area contributed by atoms with Gasteiger partial charge in [0.1, 0.15) is 11.5 Å². The summed E-state index contributed by atoms with van der Waals surface area (Å²) < 4.78 is 49.7. The number of alkyl halides is 3. The van der Waals surface area contributed by atoms with Gasteiger partial charge in [0.15, 0.2) is 6.61 Å². The largest absolute Gasteiger partial charge is 0.497 e. The molecule has 0 spiro atoms. The number of hydrogen-bond donors (Lipinski definition) is 1. The average molecular weight is 451 g/mol. The summed E-state index contributed by atoms with van der Waals surface area (Å²) in [6, 6.07) is 10.2. The van der Waals surface area contributed by atoms with Crippen LogP contribution in [0.4, 0.5) is 18.9 Å². The van der Waals surface area contributed by atoms with Gasteiger partial charge in [0.2, 0.25) is 0 Å². The average Bonchev–Trinajstić information content (AvgIpc) is 2.54. The lowest BCUT2D eigenvalue weighted by atomic mass is 10.1. The fourth-order valence-corrected chi connectivity index (χ4v) is 2.36. The molecule has 24 heavy (non-hydrogen) atoms. The van der Waals surface area contributed by atoms with Crippen LogP contribution in [-0.4, -0.2) is 19.6 Å². The Morgan fingerprint density at radius 2 is 1.75 bits per heavy atom. The highest BCUT2D eigenvalue weighted by Crippen LogP contribution is 2.35. The number of rotatable bonds is 5. The van der Waals surface area contributed by atoms with E-state index in [2.05, 4.69) is 5.32 Å². The van der Waals surface area contributed by atoms with Crippen molar-refractivity contribution in [3.63, 3.8) is 0 Å². The molecule has 4 nitrogen and oxygen atoms in total. The zero-order valence-electron chi connectivity index (χ0n) is 12.5. The monoisotopic (exact) mass is 451 g/mol. The lowest BCUT2D eigenvalue weighted by molar-refractivity contribution is -0.137. The van der Waals surface area contributed by atoms with Crippen molar-refractivity contribution in [2.24, 2.45) is 0 Å². The number of hydrogen-bond acceptors (Lipinski definition) is 3. The van der Waals surface area contributed by atoms with Crippen LogP contribution in [0.25, 0.3) is 0 Å². The van der Waals surface area contributed by atoms with Crippen molar-refractivity contribution in [3.05, 3.63) is 51.6 Å². The summed E-state index contributed by atoms with van der Waals surface area (Å²) in [5, 5.41) is 2.23. The molecule has 2 aromatic rings. The highest BCUT2D eigenvalue weighted by Gasteiger charge is 2.34. The molecule has 128 valence electrons. The number of anilines is 1. The Morgan fingerprint density at radius 1 is 1.12 bits per heavy atom. The zero-order chi connectivity index (χ0) is 17.7. The third kappa shape index (κ3) is 5.02. The highest BCUT2D eigenvalue weighted by atomic mass is 127. The molecule has 8 heteroatoms. The van der Waals surface area contributed by atoms with E-state index in [1.54, 1.807) is 46.9 Å². The summed E-state index contributed by atoms with van der Waals surface area (Å²) in [6.07, 6.45) is -4.55. The smallest absolute Gasteiger partial charge is 0.418 e. The number of benzene rings is 2. The molecule has 0 aliphatic rings. The SMILES string of the molecule is COc1ccc(OCC(=O)Nc2ccc(I)cc2C(F)(F)F)cc1. The lowest BCUT2D eigenvalue weighted by Crippen LogP contribution is -2.22. The standard InChI is InChI=1S/C16H13F3INO3/c1-23-11-3-5-12(6-4-11)24-9-15(22)21-14-7-2-10(20)8-13(14)16(17,18)19/h2-8H,9H2,1H3,(H,21,22). The molecule has 2 aromatic carbocycles. The number of amides is 1. The van der Waals surface area contributed by atoms with Crippen molar-refractivity contribution in [1.82, 2.24) is 0 Å². The number of halogens is 4. The van der Waals surface area contributed by atoms with Crippen molar-refractivity contribution in [3.8, 4) is 11.5 Å². The second kappa shape index (κ2) is 7.73. The summed E-state index contributed by atoms with van der Waals surface area (Å²) in [4.78, 5) is 11.8. The Labute approximate surface area is 150 Å². The quantitative estimate of drug-likeness (QED) is 0.689. The first-order chi connectivity index (χ1) is 11.3. The topological polar surface area (TPSA) is 47.6 Å². The van der Waals surface area contributed by atoms with Gasteiger partial charge in [-0.1, -0.05) is 0 Å². The summed E-state index contributed by atoms with van der Waals surface area (Å²) >= 11 is 1.78. The summed E-state index contributed by atoms with van der Waals surface area (Å²) in [5.74, 6) is 0.350. The van der Waals surface area contributed by atoms with Crippen LogP contribution >= 0.6 is 22.6 Å². The second-order valence-electron chi connectivity index (χ2n) is 4.70. The predicted octanol–water partition coefficient (Wildman–Crippen LogP) is 4.34. The van der Waals surface area contributed by atoms with Crippen LogP contribution < -0.4 is 14.8 Å². The van der Waals surface area contributed by atoms with Crippen LogP contribution in [0.3, 0.4) is 0 Å². The van der Waals surface area contributed by atoms with Gasteiger partial charge in [0.25, 0.3) is 5.91 Å². The number of ether oxygens (including phenoxy) is 2. The predicted molar refractivity (Wildman–Crippen MR) is 91.3 cm³/mol. The number of carbonyl (C=O) groups excluding carboxylic acids is 1. The Balaban J connectivity index is 2.02. The normalized spacial score (nSPS) is 11.0. The Kier molecular flexibility index (Phi) is 5.92. The fourth-order valence-electron chi connectivity index (χ4n) is 1.87. The van der Waals surface area contributed by atoms with E-state index < -0.39 is 24.3 Å². The molecule has 0 fully saturated rings. The minimum absolute atomic E-state index is 0.300. The Morgan fingerprint density at radius 3 is 2.33 bits per heavy atom. The Bertz CT molecular complexity index is 717. The van der Waals surface area contributed by atoms with Crippen LogP contribution in [-0.2, 0) is 11.0 Å². The first kappa shape index (κ1) is 18.4. The van der Waals surface area contributed by atoms with Crippen molar-refractivity contribution >= 4 is 34.2 Å². The van der Waals surface area contributed by atoms with Gasteiger partial charge in [-0.3, -0.25) is 4.79 Å². The van der Waals surface area contributed by atoms with Crippen LogP contribution in [0.2, 0.25) is 0 Å². The molecule has 1 amide bonds. The van der Waals surface area contributed by atoms with Crippen LogP contribution in [0.1, 0.15) is 5.56 Å². The van der Waals surface area contributed by atoms with E-state index >= 15 is 0 Å². The van der Waals surface area contributed by atoms with Gasteiger partial charge in [-0.05, 0) is 65.1 Å². The van der Waals surface area contributed by atoms with Crippen molar-refractivity contribution in [2.45, 2.75) is 6.18 Å². The maximum Gasteiger partial charge on any atom is 0.418 e. The van der Waals surface area contributed by atoms with Gasteiger partial charge in [0, 0.05) is 3.57 Å². The minimum atomic E-state index is -4.55. The van der Waals surface area contributed by atoms with E-state index in [9.17, 15) is 18.0 Å². The number of nitrogens with one attached hydrogen (secondary N) is 1. The molecule has 0 unspecified atom stereocenters. The van der Waals surface area contributed by atoms with Crippen LogP contribution in [0.5, 0.6) is 11.5 Å². The first-order valence-electron chi connectivity index (χ1n) is 6.73. The summed E-state index contributed by atoms with van der Waals surface area (Å²) in [7, 11) is 1.52. The Hall–Kier alpha value is -1.97. The van der Waals surface area contributed by atoms with Gasteiger partial charge < -0.3 is 14.8 Å². The minimum Gasteiger partial charge on any atom is -0.497 e. The van der Waals surface area contributed by atoms with E-state index in [0.717, 1.165) is 6.07 Å². The van der Waals surface area contributed by atoms with Gasteiger partial charge in [-0.25, -0.2) is 0 Å². The molecule has 0 aliphatic heterocycles. The number of methoxy groups -OCH3 is 1. The highest BCUT2D eigenvalue weighted by molar-refractivity contribution is 14.1. The van der Waals surface area contributed by atoms with Gasteiger partial charge in [-0.2, -0.15) is 13.2 Å². The molecule has 0 radical (unpaired) electrons. The molecular formula is C16H13F3INO3. The molecule has 0 bridgehead atoms. The van der Waals surface area contributed by atoms with Crippen LogP contribution in [0, 0.1) is 3.57 Å². The van der Waals surface area contributed by atoms with Gasteiger partial charge in [0.05, 0.1) is 18.4 Å². The third-order valence-corrected chi connectivity index (χ3v) is 3.66. The second-order valence-corrected chi connectivity index (χ2v) is 5.95. The van der Waals surface area contributed by atoms with Gasteiger partial charge in [-0.15, -0.1) is 0 Å². The maximum atomic E-state index is 13.0. The third-order valence-electron chi connectivity index (χ3n) is 2.99. The van der Waals surface area contributed by atoms with E-state index in [-0.39, 0.29) is 5.69 Å². The van der Waals surface area contributed by atoms with Crippen molar-refractivity contribution in [1.29, 1.82) is 0 Å². The molecular weight excluding hydrogens is 438 g/mol. The molecule has 1 N–H and O–H groups in total. The first-order valence-corrected chi connectivity index (χ1v) is 7.81.